The fraction of sp³-hybridized carbons (Fsp3) is 0.409. The Hall–Kier alpha value is -3.50. The summed E-state index contributed by atoms with van der Waals surface area (Å²) in [5, 5.41) is 18.3. The maximum atomic E-state index is 13.7. The van der Waals surface area contributed by atoms with Crippen LogP contribution in [0.4, 0.5) is 19.0 Å². The summed E-state index contributed by atoms with van der Waals surface area (Å²) >= 11 is 0. The molecule has 33 heavy (non-hydrogen) atoms. The van der Waals surface area contributed by atoms with Crippen molar-refractivity contribution in [2.75, 3.05) is 18.4 Å². The summed E-state index contributed by atoms with van der Waals surface area (Å²) in [5.74, 6) is 0.279. The van der Waals surface area contributed by atoms with E-state index in [1.807, 2.05) is 30.0 Å². The van der Waals surface area contributed by atoms with Crippen molar-refractivity contribution in [3.8, 4) is 5.69 Å². The van der Waals surface area contributed by atoms with Crippen LogP contribution in [0.15, 0.2) is 42.7 Å². The van der Waals surface area contributed by atoms with Crippen LogP contribution in [0.3, 0.4) is 0 Å². The number of rotatable bonds is 5. The van der Waals surface area contributed by atoms with E-state index in [-0.39, 0.29) is 23.7 Å². The minimum Gasteiger partial charge on any atom is -0.367 e. The fourth-order valence-electron chi connectivity index (χ4n) is 4.09. The lowest BCUT2D eigenvalue weighted by molar-refractivity contribution is -0.141. The molecule has 1 aromatic carbocycles. The Kier molecular flexibility index (Phi) is 6.30. The van der Waals surface area contributed by atoms with Gasteiger partial charge in [-0.25, -0.2) is 0 Å². The average Bonchev–Trinajstić information content (AvgIpc) is 3.32. The van der Waals surface area contributed by atoms with Crippen LogP contribution in [-0.2, 0) is 6.18 Å². The topological polar surface area (TPSA) is 88.8 Å². The van der Waals surface area contributed by atoms with Crippen LogP contribution in [-0.4, -0.2) is 55.1 Å². The second kappa shape index (κ2) is 9.16. The molecule has 174 valence electrons. The van der Waals surface area contributed by atoms with Gasteiger partial charge in [0.05, 0.1) is 29.7 Å². The number of carbonyl (C=O) groups is 1. The number of nitrogens with zero attached hydrogens (tertiary/aromatic N) is 6. The van der Waals surface area contributed by atoms with E-state index in [1.54, 1.807) is 12.4 Å². The summed E-state index contributed by atoms with van der Waals surface area (Å²) in [5.41, 5.74) is 0.984. The zero-order chi connectivity index (χ0) is 23.6. The lowest BCUT2D eigenvalue weighted by atomic mass is 9.89. The summed E-state index contributed by atoms with van der Waals surface area (Å²) in [6.45, 7) is 4.90. The molecule has 0 unspecified atom stereocenters. The number of amides is 1. The average molecular weight is 459 g/mol. The van der Waals surface area contributed by atoms with Crippen molar-refractivity contribution < 1.29 is 18.0 Å². The van der Waals surface area contributed by atoms with Crippen LogP contribution in [0.2, 0.25) is 0 Å². The van der Waals surface area contributed by atoms with Crippen molar-refractivity contribution in [3.05, 3.63) is 59.5 Å². The molecule has 1 fully saturated rings. The smallest absolute Gasteiger partial charge is 0.367 e. The fourth-order valence-corrected chi connectivity index (χ4v) is 4.09. The second-order valence-corrected chi connectivity index (χ2v) is 8.21. The van der Waals surface area contributed by atoms with Crippen LogP contribution < -0.4 is 5.32 Å². The van der Waals surface area contributed by atoms with Crippen LogP contribution in [0.5, 0.6) is 0 Å². The number of alkyl halides is 3. The van der Waals surface area contributed by atoms with E-state index in [2.05, 4.69) is 32.6 Å². The van der Waals surface area contributed by atoms with Crippen molar-refractivity contribution in [1.29, 1.82) is 0 Å². The molecule has 0 aliphatic carbocycles. The number of aromatic nitrogens is 5. The van der Waals surface area contributed by atoms with Crippen LogP contribution in [0, 0.1) is 12.8 Å². The van der Waals surface area contributed by atoms with Crippen molar-refractivity contribution >= 4 is 11.7 Å². The lowest BCUT2D eigenvalue weighted by Gasteiger charge is -2.40. The molecule has 4 rings (SSSR count). The predicted molar refractivity (Wildman–Crippen MR) is 115 cm³/mol. The Morgan fingerprint density at radius 1 is 1.15 bits per heavy atom. The van der Waals surface area contributed by atoms with Crippen molar-refractivity contribution in [1.82, 2.24) is 30.1 Å². The standard InChI is InChI=1S/C22H24F3N7O/c1-14-5-6-17(32-27-9-10-28-32)16(12-14)21(33)31-11-3-4-15(2)18(31)13-26-20-8-7-19(29-30-20)22(23,24)25/h5-10,12,15,18H,3-4,11,13H2,1-2H3,(H,26,30)/t15-,18-/m1/s1. The first-order valence-electron chi connectivity index (χ1n) is 10.7. The number of anilines is 1. The van der Waals surface area contributed by atoms with E-state index in [1.165, 1.54) is 10.9 Å². The number of benzene rings is 1. The zero-order valence-electron chi connectivity index (χ0n) is 18.3. The van der Waals surface area contributed by atoms with E-state index in [9.17, 15) is 18.0 Å². The SMILES string of the molecule is Cc1ccc(-n2nccn2)c(C(=O)N2CCC[C@@H](C)[C@H]2CNc2ccc(C(F)(F)F)nn2)c1. The summed E-state index contributed by atoms with van der Waals surface area (Å²) in [7, 11) is 0. The summed E-state index contributed by atoms with van der Waals surface area (Å²) in [6, 6.07) is 7.51. The minimum atomic E-state index is -4.54. The zero-order valence-corrected chi connectivity index (χ0v) is 18.3. The molecular weight excluding hydrogens is 435 g/mol. The molecule has 1 saturated heterocycles. The Morgan fingerprint density at radius 2 is 1.91 bits per heavy atom. The Labute approximate surface area is 188 Å². The first-order valence-corrected chi connectivity index (χ1v) is 10.7. The van der Waals surface area contributed by atoms with Gasteiger partial charge in [-0.3, -0.25) is 4.79 Å². The number of nitrogens with one attached hydrogen (secondary N) is 1. The van der Waals surface area contributed by atoms with E-state index in [4.69, 9.17) is 0 Å². The Morgan fingerprint density at radius 3 is 2.58 bits per heavy atom. The molecular formula is C22H24F3N7O. The molecule has 1 aliphatic heterocycles. The number of halogens is 3. The predicted octanol–water partition coefficient (Wildman–Crippen LogP) is 3.74. The van der Waals surface area contributed by atoms with Gasteiger partial charge in [-0.2, -0.15) is 28.2 Å². The number of aryl methyl sites for hydroxylation is 1. The van der Waals surface area contributed by atoms with E-state index < -0.39 is 11.9 Å². The molecule has 1 amide bonds. The van der Waals surface area contributed by atoms with Crippen LogP contribution in [0.25, 0.3) is 5.69 Å². The minimum absolute atomic E-state index is 0.136. The monoisotopic (exact) mass is 459 g/mol. The third-order valence-corrected chi connectivity index (χ3v) is 5.84. The summed E-state index contributed by atoms with van der Waals surface area (Å²) in [4.78, 5) is 16.9. The van der Waals surface area contributed by atoms with Crippen molar-refractivity contribution in [2.45, 2.75) is 38.9 Å². The molecule has 1 aliphatic rings. The van der Waals surface area contributed by atoms with E-state index in [0.717, 1.165) is 24.5 Å². The Bertz CT molecular complexity index is 1100. The largest absolute Gasteiger partial charge is 0.435 e. The normalized spacial score (nSPS) is 18.9. The molecule has 2 aromatic heterocycles. The van der Waals surface area contributed by atoms with Crippen molar-refractivity contribution in [3.63, 3.8) is 0 Å². The van der Waals surface area contributed by atoms with Gasteiger partial charge in [0.25, 0.3) is 5.91 Å². The number of likely N-dealkylation sites (tertiary alicyclic amines) is 1. The molecule has 8 nitrogen and oxygen atoms in total. The molecule has 0 bridgehead atoms. The highest BCUT2D eigenvalue weighted by molar-refractivity contribution is 5.98. The number of hydrogen-bond donors (Lipinski definition) is 1. The Balaban J connectivity index is 1.55. The van der Waals surface area contributed by atoms with E-state index >= 15 is 0 Å². The van der Waals surface area contributed by atoms with Gasteiger partial charge in [-0.15, -0.1) is 10.2 Å². The summed E-state index contributed by atoms with van der Waals surface area (Å²) < 4.78 is 38.2. The highest BCUT2D eigenvalue weighted by Crippen LogP contribution is 2.29. The quantitative estimate of drug-likeness (QED) is 0.625. The number of piperidine rings is 1. The van der Waals surface area contributed by atoms with Gasteiger partial charge in [0.1, 0.15) is 5.82 Å². The number of carbonyl (C=O) groups excluding carboxylic acids is 1. The molecule has 1 N–H and O–H groups in total. The van der Waals surface area contributed by atoms with Gasteiger partial charge in [-0.1, -0.05) is 18.6 Å². The van der Waals surface area contributed by atoms with Gasteiger partial charge >= 0.3 is 6.18 Å². The van der Waals surface area contributed by atoms with Gasteiger partial charge in [0.15, 0.2) is 5.69 Å². The third-order valence-electron chi connectivity index (χ3n) is 5.84. The molecule has 3 aromatic rings. The maximum absolute atomic E-state index is 13.7. The third kappa shape index (κ3) is 4.96. The molecule has 11 heteroatoms. The highest BCUT2D eigenvalue weighted by Gasteiger charge is 2.34. The summed E-state index contributed by atoms with van der Waals surface area (Å²) in [6.07, 6.45) is 0.367. The molecule has 3 heterocycles. The first-order chi connectivity index (χ1) is 15.7. The molecule has 0 saturated carbocycles. The maximum Gasteiger partial charge on any atom is 0.435 e. The molecule has 2 atom stereocenters. The molecule has 0 radical (unpaired) electrons. The molecule has 0 spiro atoms. The van der Waals surface area contributed by atoms with Crippen molar-refractivity contribution in [2.24, 2.45) is 5.92 Å². The number of hydrogen-bond acceptors (Lipinski definition) is 6. The van der Waals surface area contributed by atoms with Gasteiger partial charge in [-0.05, 0) is 49.9 Å². The van der Waals surface area contributed by atoms with Gasteiger partial charge in [0.2, 0.25) is 0 Å². The second-order valence-electron chi connectivity index (χ2n) is 8.21. The first kappa shape index (κ1) is 22.7. The highest BCUT2D eigenvalue weighted by atomic mass is 19.4. The van der Waals surface area contributed by atoms with Gasteiger partial charge in [0, 0.05) is 13.1 Å². The van der Waals surface area contributed by atoms with Gasteiger partial charge < -0.3 is 10.2 Å². The van der Waals surface area contributed by atoms with E-state index in [0.29, 0.717) is 24.3 Å². The lowest BCUT2D eigenvalue weighted by Crippen LogP contribution is -2.51. The van der Waals surface area contributed by atoms with Crippen LogP contribution in [0.1, 0.15) is 41.4 Å². The van der Waals surface area contributed by atoms with Crippen LogP contribution >= 0.6 is 0 Å².